The maximum atomic E-state index is 9.10. The van der Waals surface area contributed by atoms with Crippen LogP contribution in [0, 0.1) is 0 Å². The molecule has 0 heterocycles. The molecule has 44 valence electrons. The van der Waals surface area contributed by atoms with Crippen LogP contribution in [0.2, 0.25) is 0 Å². The fourth-order valence-corrected chi connectivity index (χ4v) is 0. The summed E-state index contributed by atoms with van der Waals surface area (Å²) in [7, 11) is 0. The number of carboxylic acid groups (broad SMARTS) is 2. The molecule has 0 spiro atoms. The van der Waals surface area contributed by atoms with Gasteiger partial charge < -0.3 is 10.2 Å². The maximum absolute atomic E-state index is 9.10. The van der Waals surface area contributed by atoms with Crippen LogP contribution in [0.1, 0.15) is 0 Å². The fraction of sp³-hybridized carbons (Fsp3) is 0. The Balaban J connectivity index is -0.000000125. The quantitative estimate of drug-likeness (QED) is 0.327. The third kappa shape index (κ3) is 9.27. The molecule has 0 aliphatic heterocycles. The van der Waals surface area contributed by atoms with Gasteiger partial charge in [-0.3, -0.25) is 0 Å². The van der Waals surface area contributed by atoms with E-state index in [0.29, 0.717) is 0 Å². The van der Waals surface area contributed by atoms with Gasteiger partial charge in [0.1, 0.15) is 0 Å². The predicted molar refractivity (Wildman–Crippen MR) is 29.7 cm³/mol. The van der Waals surface area contributed by atoms with Gasteiger partial charge in [-0.05, 0) is 0 Å². The van der Waals surface area contributed by atoms with E-state index in [0.717, 1.165) is 0 Å². The van der Waals surface area contributed by atoms with Crippen molar-refractivity contribution in [3.63, 3.8) is 0 Å². The molecule has 0 aromatic rings. The van der Waals surface area contributed by atoms with Crippen LogP contribution in [0.3, 0.4) is 0 Å². The summed E-state index contributed by atoms with van der Waals surface area (Å²) in [6.07, 6.45) is 0. The van der Waals surface area contributed by atoms with E-state index in [4.69, 9.17) is 19.8 Å². The normalized spacial score (nSPS) is 5.50. The zero-order valence-electron chi connectivity index (χ0n) is 3.12. The number of rotatable bonds is 0. The van der Waals surface area contributed by atoms with Gasteiger partial charge in [-0.1, -0.05) is 0 Å². The van der Waals surface area contributed by atoms with E-state index < -0.39 is 11.9 Å². The third-order valence-corrected chi connectivity index (χ3v) is 0.183. The van der Waals surface area contributed by atoms with Crippen molar-refractivity contribution < 1.29 is 19.8 Å². The Labute approximate surface area is 63.5 Å². The average molecular weight is 134 g/mol. The number of carbonyl (C=O) groups is 2. The Morgan fingerprint density at radius 1 is 1.00 bits per heavy atom. The molecule has 2 N–H and O–H groups in total. The summed E-state index contributed by atoms with van der Waals surface area (Å²) < 4.78 is 0. The molecule has 0 bridgehead atoms. The molecule has 0 radical (unpaired) electrons. The van der Waals surface area contributed by atoms with Crippen LogP contribution in [0.25, 0.3) is 0 Å². The molecule has 0 rings (SSSR count). The van der Waals surface area contributed by atoms with Gasteiger partial charge >= 0.3 is 30.8 Å². The van der Waals surface area contributed by atoms with Gasteiger partial charge in [0.15, 0.2) is 0 Å². The van der Waals surface area contributed by atoms with Crippen LogP contribution in [0.5, 0.6) is 0 Å². The van der Waals surface area contributed by atoms with Crippen LogP contribution in [-0.4, -0.2) is 41.0 Å². The van der Waals surface area contributed by atoms with E-state index >= 15 is 0 Å². The van der Waals surface area contributed by atoms with Crippen LogP contribution in [0.15, 0.2) is 0 Å². The second-order valence-corrected chi connectivity index (χ2v) is 0.610. The molecule has 0 aromatic carbocycles. The number of hydrogen-bond acceptors (Lipinski definition) is 2. The number of carboxylic acids is 2. The van der Waals surface area contributed by atoms with Crippen molar-refractivity contribution in [1.29, 1.82) is 0 Å². The van der Waals surface area contributed by atoms with Gasteiger partial charge in [-0.2, -0.15) is 0 Å². The second-order valence-electron chi connectivity index (χ2n) is 0.610. The SMILES string of the molecule is Cl.O=C(O)C(=O)O.[LiH]. The summed E-state index contributed by atoms with van der Waals surface area (Å²) in [6, 6.07) is 0. The average Bonchev–Trinajstić information content (AvgIpc) is 1.36. The van der Waals surface area contributed by atoms with Crippen molar-refractivity contribution in [2.24, 2.45) is 0 Å². The summed E-state index contributed by atoms with van der Waals surface area (Å²) in [5.74, 6) is -3.65. The van der Waals surface area contributed by atoms with Crippen molar-refractivity contribution in [2.45, 2.75) is 0 Å². The van der Waals surface area contributed by atoms with Gasteiger partial charge in [0, 0.05) is 0 Å². The molecule has 0 saturated heterocycles. The van der Waals surface area contributed by atoms with Crippen molar-refractivity contribution in [3.05, 3.63) is 0 Å². The summed E-state index contributed by atoms with van der Waals surface area (Å²) in [5, 5.41) is 14.8. The minimum atomic E-state index is -1.82. The summed E-state index contributed by atoms with van der Waals surface area (Å²) in [6.45, 7) is 0. The van der Waals surface area contributed by atoms with E-state index in [2.05, 4.69) is 0 Å². The van der Waals surface area contributed by atoms with Crippen molar-refractivity contribution >= 4 is 43.2 Å². The van der Waals surface area contributed by atoms with Gasteiger partial charge in [-0.25, -0.2) is 9.59 Å². The first-order valence-electron chi connectivity index (χ1n) is 1.11. The monoisotopic (exact) mass is 134 g/mol. The number of hydrogen-bond donors (Lipinski definition) is 2. The van der Waals surface area contributed by atoms with Crippen molar-refractivity contribution in [2.75, 3.05) is 0 Å². The van der Waals surface area contributed by atoms with Gasteiger partial charge in [0.2, 0.25) is 0 Å². The summed E-state index contributed by atoms with van der Waals surface area (Å²) in [4.78, 5) is 18.2. The van der Waals surface area contributed by atoms with Crippen LogP contribution in [-0.2, 0) is 9.59 Å². The van der Waals surface area contributed by atoms with Crippen LogP contribution >= 0.6 is 12.4 Å². The van der Waals surface area contributed by atoms with Crippen LogP contribution in [0.4, 0.5) is 0 Å². The first-order valence-corrected chi connectivity index (χ1v) is 1.11. The van der Waals surface area contributed by atoms with Crippen molar-refractivity contribution in [1.82, 2.24) is 0 Å². The van der Waals surface area contributed by atoms with Crippen molar-refractivity contribution in [3.8, 4) is 0 Å². The fourth-order valence-electron chi connectivity index (χ4n) is 0. The predicted octanol–water partition coefficient (Wildman–Crippen LogP) is -1.07. The van der Waals surface area contributed by atoms with Gasteiger partial charge in [-0.15, -0.1) is 12.4 Å². The van der Waals surface area contributed by atoms with Gasteiger partial charge in [0.05, 0.1) is 0 Å². The molecule has 0 saturated carbocycles. The molecule has 0 amide bonds. The summed E-state index contributed by atoms with van der Waals surface area (Å²) in [5.41, 5.74) is 0. The molecule has 0 unspecified atom stereocenters. The summed E-state index contributed by atoms with van der Waals surface area (Å²) >= 11 is 0. The second kappa shape index (κ2) is 6.83. The number of halogens is 1. The van der Waals surface area contributed by atoms with Gasteiger partial charge in [0.25, 0.3) is 0 Å². The molecule has 0 aromatic heterocycles. The Morgan fingerprint density at radius 3 is 1.12 bits per heavy atom. The molecular weight excluding hydrogens is 130 g/mol. The first-order chi connectivity index (χ1) is 2.64. The van der Waals surface area contributed by atoms with E-state index in [1.54, 1.807) is 0 Å². The molecule has 0 atom stereocenters. The van der Waals surface area contributed by atoms with Crippen LogP contribution < -0.4 is 0 Å². The molecular formula is C2H4ClLiO4. The standard InChI is InChI=1S/C2H2O4.ClH.Li.H/c3-1(4)2(5)6;;;/h(H,3,4)(H,5,6);1H;;. The van der Waals surface area contributed by atoms with E-state index in [1.807, 2.05) is 0 Å². The minimum absolute atomic E-state index is 0. The first kappa shape index (κ1) is 15.7. The number of aliphatic carboxylic acids is 2. The molecule has 0 aliphatic rings. The Kier molecular flexibility index (Phi) is 13.4. The zero-order chi connectivity index (χ0) is 5.15. The molecule has 6 heteroatoms. The zero-order valence-corrected chi connectivity index (χ0v) is 3.94. The third-order valence-electron chi connectivity index (χ3n) is 0.183. The topological polar surface area (TPSA) is 74.6 Å². The Hall–Kier alpha value is -0.173. The molecule has 8 heavy (non-hydrogen) atoms. The molecule has 0 aliphatic carbocycles. The van der Waals surface area contributed by atoms with E-state index in [-0.39, 0.29) is 31.3 Å². The Bertz CT molecular complexity index is 80.0. The van der Waals surface area contributed by atoms with E-state index in [1.165, 1.54) is 0 Å². The Morgan fingerprint density at radius 2 is 1.12 bits per heavy atom. The molecule has 0 fully saturated rings. The molecule has 4 nitrogen and oxygen atoms in total. The van der Waals surface area contributed by atoms with E-state index in [9.17, 15) is 0 Å².